The van der Waals surface area contributed by atoms with Gasteiger partial charge in [0.15, 0.2) is 0 Å². The monoisotopic (exact) mass is 290 g/mol. The van der Waals surface area contributed by atoms with Gasteiger partial charge in [-0.15, -0.1) is 0 Å². The van der Waals surface area contributed by atoms with Gasteiger partial charge in [0.1, 0.15) is 5.75 Å². The molecule has 4 heteroatoms. The Morgan fingerprint density at radius 3 is 2.48 bits per heavy atom. The molecule has 0 aliphatic carbocycles. The standard InChI is InChI=1S/C17H26N2O2/c1-13(19-11-9-15(10-12-19)17(18)20)3-4-14-5-7-16(21-2)8-6-14/h5-8,13,15H,3-4,9-12H2,1-2H3,(H2,18,20). The molecule has 0 aromatic heterocycles. The summed E-state index contributed by atoms with van der Waals surface area (Å²) in [7, 11) is 1.69. The quantitative estimate of drug-likeness (QED) is 0.874. The number of nitrogens with zero attached hydrogens (tertiary/aromatic N) is 1. The third kappa shape index (κ3) is 4.46. The van der Waals surface area contributed by atoms with Crippen molar-refractivity contribution in [2.45, 2.75) is 38.6 Å². The lowest BCUT2D eigenvalue weighted by Gasteiger charge is -2.35. The summed E-state index contributed by atoms with van der Waals surface area (Å²) in [6.07, 6.45) is 4.01. The van der Waals surface area contributed by atoms with Gasteiger partial charge in [0, 0.05) is 12.0 Å². The number of primary amides is 1. The van der Waals surface area contributed by atoms with Crippen molar-refractivity contribution in [3.8, 4) is 5.75 Å². The van der Waals surface area contributed by atoms with Crippen LogP contribution in [0.1, 0.15) is 31.7 Å². The second kappa shape index (κ2) is 7.46. The number of benzene rings is 1. The summed E-state index contributed by atoms with van der Waals surface area (Å²) < 4.78 is 5.17. The zero-order valence-corrected chi connectivity index (χ0v) is 13.0. The number of methoxy groups -OCH3 is 1. The molecule has 2 rings (SSSR count). The Hall–Kier alpha value is -1.55. The molecule has 0 spiro atoms. The first-order chi connectivity index (χ1) is 10.1. The molecular weight excluding hydrogens is 264 g/mol. The van der Waals surface area contributed by atoms with Crippen molar-refractivity contribution >= 4 is 5.91 Å². The molecule has 0 radical (unpaired) electrons. The van der Waals surface area contributed by atoms with Gasteiger partial charge in [-0.3, -0.25) is 4.79 Å². The molecule has 1 amide bonds. The van der Waals surface area contributed by atoms with Crippen molar-refractivity contribution in [3.63, 3.8) is 0 Å². The van der Waals surface area contributed by atoms with Crippen LogP contribution in [-0.2, 0) is 11.2 Å². The predicted molar refractivity (Wildman–Crippen MR) is 84.3 cm³/mol. The summed E-state index contributed by atoms with van der Waals surface area (Å²) in [6.45, 7) is 4.24. The summed E-state index contributed by atoms with van der Waals surface area (Å²) in [4.78, 5) is 13.7. The van der Waals surface area contributed by atoms with Crippen molar-refractivity contribution in [2.24, 2.45) is 11.7 Å². The molecule has 1 aromatic carbocycles. The Bertz CT molecular complexity index is 450. The van der Waals surface area contributed by atoms with Crippen LogP contribution in [0, 0.1) is 5.92 Å². The van der Waals surface area contributed by atoms with Gasteiger partial charge in [0.2, 0.25) is 5.91 Å². The average Bonchev–Trinajstić information content (AvgIpc) is 2.53. The lowest BCUT2D eigenvalue weighted by molar-refractivity contribution is -0.123. The van der Waals surface area contributed by atoms with Gasteiger partial charge >= 0.3 is 0 Å². The van der Waals surface area contributed by atoms with Crippen LogP contribution in [0.4, 0.5) is 0 Å². The van der Waals surface area contributed by atoms with E-state index in [-0.39, 0.29) is 11.8 Å². The highest BCUT2D eigenvalue weighted by atomic mass is 16.5. The van der Waals surface area contributed by atoms with Crippen LogP contribution in [-0.4, -0.2) is 37.0 Å². The summed E-state index contributed by atoms with van der Waals surface area (Å²) in [5.41, 5.74) is 6.72. The number of amides is 1. The van der Waals surface area contributed by atoms with Crippen molar-refractivity contribution in [3.05, 3.63) is 29.8 Å². The highest BCUT2D eigenvalue weighted by Gasteiger charge is 2.25. The zero-order chi connectivity index (χ0) is 15.2. The molecule has 1 aromatic rings. The zero-order valence-electron chi connectivity index (χ0n) is 13.0. The van der Waals surface area contributed by atoms with Crippen molar-refractivity contribution < 1.29 is 9.53 Å². The fraction of sp³-hybridized carbons (Fsp3) is 0.588. The number of hydrogen-bond donors (Lipinski definition) is 1. The fourth-order valence-electron chi connectivity index (χ4n) is 2.98. The molecule has 0 bridgehead atoms. The third-order valence-electron chi connectivity index (χ3n) is 4.57. The highest BCUT2D eigenvalue weighted by molar-refractivity contribution is 5.76. The molecule has 1 unspecified atom stereocenters. The van der Waals surface area contributed by atoms with Crippen LogP contribution in [0.2, 0.25) is 0 Å². The minimum atomic E-state index is -0.138. The largest absolute Gasteiger partial charge is 0.497 e. The summed E-state index contributed by atoms with van der Waals surface area (Å²) >= 11 is 0. The van der Waals surface area contributed by atoms with E-state index in [1.165, 1.54) is 5.56 Å². The lowest BCUT2D eigenvalue weighted by Crippen LogP contribution is -2.43. The van der Waals surface area contributed by atoms with E-state index in [1.807, 2.05) is 12.1 Å². The number of rotatable bonds is 6. The fourth-order valence-corrected chi connectivity index (χ4v) is 2.98. The first-order valence-corrected chi connectivity index (χ1v) is 7.76. The summed E-state index contributed by atoms with van der Waals surface area (Å²) in [6, 6.07) is 8.83. The number of carbonyl (C=O) groups excluding carboxylic acids is 1. The molecule has 1 atom stereocenters. The maximum Gasteiger partial charge on any atom is 0.220 e. The summed E-state index contributed by atoms with van der Waals surface area (Å²) in [5, 5.41) is 0. The van der Waals surface area contributed by atoms with E-state index in [9.17, 15) is 4.79 Å². The van der Waals surface area contributed by atoms with Gasteiger partial charge in [-0.1, -0.05) is 12.1 Å². The molecule has 116 valence electrons. The molecular formula is C17H26N2O2. The van der Waals surface area contributed by atoms with Gasteiger partial charge in [0.05, 0.1) is 7.11 Å². The minimum Gasteiger partial charge on any atom is -0.497 e. The van der Waals surface area contributed by atoms with E-state index in [1.54, 1.807) is 7.11 Å². The minimum absolute atomic E-state index is 0.0787. The van der Waals surface area contributed by atoms with Gasteiger partial charge in [0.25, 0.3) is 0 Å². The second-order valence-electron chi connectivity index (χ2n) is 5.95. The van der Waals surface area contributed by atoms with Crippen LogP contribution in [0.25, 0.3) is 0 Å². The molecule has 1 aliphatic heterocycles. The van der Waals surface area contributed by atoms with Crippen molar-refractivity contribution in [2.75, 3.05) is 20.2 Å². The molecule has 1 aliphatic rings. The number of ether oxygens (including phenoxy) is 1. The second-order valence-corrected chi connectivity index (χ2v) is 5.95. The number of piperidine rings is 1. The van der Waals surface area contributed by atoms with E-state index in [0.717, 1.165) is 44.5 Å². The third-order valence-corrected chi connectivity index (χ3v) is 4.57. The average molecular weight is 290 g/mol. The highest BCUT2D eigenvalue weighted by Crippen LogP contribution is 2.21. The Kier molecular flexibility index (Phi) is 5.62. The summed E-state index contributed by atoms with van der Waals surface area (Å²) in [5.74, 6) is 0.843. The molecule has 1 heterocycles. The maximum absolute atomic E-state index is 11.2. The van der Waals surface area contributed by atoms with E-state index in [4.69, 9.17) is 10.5 Å². The Balaban J connectivity index is 1.76. The number of nitrogens with two attached hydrogens (primary N) is 1. The topological polar surface area (TPSA) is 55.6 Å². The molecule has 2 N–H and O–H groups in total. The van der Waals surface area contributed by atoms with Gasteiger partial charge in [-0.2, -0.15) is 0 Å². The van der Waals surface area contributed by atoms with E-state index in [0.29, 0.717) is 6.04 Å². The smallest absolute Gasteiger partial charge is 0.220 e. The Labute approximate surface area is 127 Å². The molecule has 1 saturated heterocycles. The van der Waals surface area contributed by atoms with Gasteiger partial charge in [-0.05, 0) is 63.4 Å². The SMILES string of the molecule is COc1ccc(CCC(C)N2CCC(C(N)=O)CC2)cc1. The van der Waals surface area contributed by atoms with Crippen molar-refractivity contribution in [1.82, 2.24) is 4.90 Å². The molecule has 1 fully saturated rings. The first-order valence-electron chi connectivity index (χ1n) is 7.76. The molecule has 0 saturated carbocycles. The number of likely N-dealkylation sites (tertiary alicyclic amines) is 1. The van der Waals surface area contributed by atoms with Crippen LogP contribution >= 0.6 is 0 Å². The van der Waals surface area contributed by atoms with Crippen molar-refractivity contribution in [1.29, 1.82) is 0 Å². The Morgan fingerprint density at radius 2 is 1.95 bits per heavy atom. The normalized spacial score (nSPS) is 18.4. The lowest BCUT2D eigenvalue weighted by atomic mass is 9.94. The number of aryl methyl sites for hydroxylation is 1. The Morgan fingerprint density at radius 1 is 1.33 bits per heavy atom. The van der Waals surface area contributed by atoms with Crippen LogP contribution < -0.4 is 10.5 Å². The molecule has 21 heavy (non-hydrogen) atoms. The van der Waals surface area contributed by atoms with Crippen LogP contribution in [0.5, 0.6) is 5.75 Å². The van der Waals surface area contributed by atoms with Gasteiger partial charge in [-0.25, -0.2) is 0 Å². The van der Waals surface area contributed by atoms with E-state index >= 15 is 0 Å². The maximum atomic E-state index is 11.2. The molecule has 4 nitrogen and oxygen atoms in total. The predicted octanol–water partition coefficient (Wildman–Crippen LogP) is 2.21. The number of hydrogen-bond acceptors (Lipinski definition) is 3. The van der Waals surface area contributed by atoms with E-state index < -0.39 is 0 Å². The number of carbonyl (C=O) groups is 1. The van der Waals surface area contributed by atoms with Crippen LogP contribution in [0.3, 0.4) is 0 Å². The van der Waals surface area contributed by atoms with Gasteiger partial charge < -0.3 is 15.4 Å². The first kappa shape index (κ1) is 15.8. The van der Waals surface area contributed by atoms with Crippen LogP contribution in [0.15, 0.2) is 24.3 Å². The van der Waals surface area contributed by atoms with E-state index in [2.05, 4.69) is 24.0 Å².